The van der Waals surface area contributed by atoms with Gasteiger partial charge in [-0.05, 0) is 137 Å². The Bertz CT molecular complexity index is 2460. The predicted molar refractivity (Wildman–Crippen MR) is 229 cm³/mol. The maximum absolute atomic E-state index is 9.24. The summed E-state index contributed by atoms with van der Waals surface area (Å²) in [5.74, 6) is 1.94. The number of nitriles is 2. The molecule has 5 aromatic carbocycles. The molecule has 0 radical (unpaired) electrons. The lowest BCUT2D eigenvalue weighted by Gasteiger charge is -2.15. The van der Waals surface area contributed by atoms with Crippen LogP contribution in [0, 0.1) is 64.2 Å². The van der Waals surface area contributed by atoms with Gasteiger partial charge in [-0.2, -0.15) is 40.4 Å². The molecule has 0 atom stereocenters. The molecule has 0 aliphatic carbocycles. The Balaban J connectivity index is 1.14. The smallest absolute Gasteiger partial charge is 0.233 e. The van der Waals surface area contributed by atoms with Crippen molar-refractivity contribution in [2.24, 2.45) is 0 Å². The summed E-state index contributed by atoms with van der Waals surface area (Å²) in [4.78, 5) is 28.0. The van der Waals surface area contributed by atoms with Crippen molar-refractivity contribution in [3.63, 3.8) is 0 Å². The molecule has 0 saturated heterocycles. The van der Waals surface area contributed by atoms with E-state index in [9.17, 15) is 10.5 Å². The van der Waals surface area contributed by atoms with Crippen LogP contribution in [0.1, 0.15) is 44.5 Å². The zero-order valence-corrected chi connectivity index (χ0v) is 32.8. The Labute approximate surface area is 336 Å². The molecule has 0 saturated carbocycles. The van der Waals surface area contributed by atoms with E-state index in [4.69, 9.17) is 9.97 Å². The minimum Gasteiger partial charge on any atom is -0.324 e. The standard InChI is InChI=1S/C44H40N14/c1-25-19-27(3)37(28(4)20-25)51-43-55-39(47-33-11-7-31(23-45)8-12-33)53-41(57-43)49-35-15-17-36(18-16-35)50-42-54-40(48-34-13-9-32(24-46)10-14-34)56-44(58-42)52-38-29(5)21-26(2)22-30(38)6/h7-22H,1-6H3,(H3,47,49,51,53,55,57)(H3,48,50,52,54,56,58). The number of hydrogen-bond donors (Lipinski definition) is 6. The van der Waals surface area contributed by atoms with Gasteiger partial charge >= 0.3 is 0 Å². The van der Waals surface area contributed by atoms with Gasteiger partial charge in [-0.3, -0.25) is 0 Å². The summed E-state index contributed by atoms with van der Waals surface area (Å²) in [6.45, 7) is 12.3. The van der Waals surface area contributed by atoms with Crippen LogP contribution in [0.3, 0.4) is 0 Å². The summed E-state index contributed by atoms with van der Waals surface area (Å²) >= 11 is 0. The fourth-order valence-electron chi connectivity index (χ4n) is 6.47. The van der Waals surface area contributed by atoms with Gasteiger partial charge in [0.25, 0.3) is 0 Å². The molecule has 0 amide bonds. The van der Waals surface area contributed by atoms with Crippen molar-refractivity contribution in [1.29, 1.82) is 10.5 Å². The Morgan fingerprint density at radius 2 is 0.569 bits per heavy atom. The lowest BCUT2D eigenvalue weighted by molar-refractivity contribution is 1.06. The predicted octanol–water partition coefficient (Wildman–Crippen LogP) is 10.1. The number of rotatable bonds is 12. The minimum absolute atomic E-state index is 0.310. The van der Waals surface area contributed by atoms with E-state index in [1.807, 2.05) is 52.0 Å². The van der Waals surface area contributed by atoms with E-state index in [2.05, 4.69) is 102 Å². The highest BCUT2D eigenvalue weighted by Gasteiger charge is 2.14. The zero-order valence-electron chi connectivity index (χ0n) is 32.8. The SMILES string of the molecule is Cc1cc(C)c(Nc2nc(Nc3ccc(C#N)cc3)nc(Nc3ccc(Nc4nc(Nc5ccc(C#N)cc5)nc(Nc5c(C)cc(C)cc5C)n4)cc3)n2)c(C)c1. The fourth-order valence-corrected chi connectivity index (χ4v) is 6.47. The van der Waals surface area contributed by atoms with Crippen LogP contribution in [-0.2, 0) is 0 Å². The number of aromatic nitrogens is 6. The zero-order chi connectivity index (χ0) is 40.8. The van der Waals surface area contributed by atoms with E-state index >= 15 is 0 Å². The second-order valence-corrected chi connectivity index (χ2v) is 13.9. The molecular formula is C44H40N14. The summed E-state index contributed by atoms with van der Waals surface area (Å²) < 4.78 is 0. The van der Waals surface area contributed by atoms with Crippen molar-refractivity contribution in [3.8, 4) is 12.1 Å². The summed E-state index contributed by atoms with van der Waals surface area (Å²) in [5, 5.41) is 38.3. The molecule has 286 valence electrons. The largest absolute Gasteiger partial charge is 0.324 e. The summed E-state index contributed by atoms with van der Waals surface area (Å²) in [6.07, 6.45) is 0. The molecule has 0 aliphatic rings. The molecular weight excluding hydrogens is 725 g/mol. The van der Waals surface area contributed by atoms with Crippen LogP contribution in [0.5, 0.6) is 0 Å². The Morgan fingerprint density at radius 1 is 0.345 bits per heavy atom. The molecule has 2 aromatic heterocycles. The highest BCUT2D eigenvalue weighted by molar-refractivity contribution is 5.69. The van der Waals surface area contributed by atoms with Crippen molar-refractivity contribution in [2.45, 2.75) is 41.5 Å². The molecule has 0 aliphatic heterocycles. The Kier molecular flexibility index (Phi) is 11.0. The van der Waals surface area contributed by atoms with Gasteiger partial charge in [0.2, 0.25) is 35.7 Å². The lowest BCUT2D eigenvalue weighted by atomic mass is 10.1. The van der Waals surface area contributed by atoms with Crippen molar-refractivity contribution in [1.82, 2.24) is 29.9 Å². The first kappa shape index (κ1) is 38.2. The lowest BCUT2D eigenvalue weighted by Crippen LogP contribution is -2.09. The van der Waals surface area contributed by atoms with E-state index in [1.165, 1.54) is 11.1 Å². The molecule has 58 heavy (non-hydrogen) atoms. The third-order valence-corrected chi connectivity index (χ3v) is 9.04. The van der Waals surface area contributed by atoms with Crippen LogP contribution in [0.2, 0.25) is 0 Å². The average Bonchev–Trinajstić information content (AvgIpc) is 3.19. The maximum Gasteiger partial charge on any atom is 0.233 e. The van der Waals surface area contributed by atoms with Gasteiger partial charge in [-0.1, -0.05) is 35.4 Å². The molecule has 2 heterocycles. The van der Waals surface area contributed by atoms with Crippen molar-refractivity contribution >= 4 is 69.8 Å². The molecule has 0 bridgehead atoms. The summed E-state index contributed by atoms with van der Waals surface area (Å²) in [5.41, 5.74) is 12.4. The number of nitrogens with zero attached hydrogens (tertiary/aromatic N) is 8. The van der Waals surface area contributed by atoms with E-state index in [1.54, 1.807) is 48.5 Å². The Morgan fingerprint density at radius 3 is 0.810 bits per heavy atom. The highest BCUT2D eigenvalue weighted by Crippen LogP contribution is 2.29. The summed E-state index contributed by atoms with van der Waals surface area (Å²) in [6, 6.07) is 34.3. The molecule has 7 rings (SSSR count). The van der Waals surface area contributed by atoms with E-state index in [0.29, 0.717) is 46.8 Å². The number of aryl methyl sites for hydroxylation is 6. The summed E-state index contributed by atoms with van der Waals surface area (Å²) in [7, 11) is 0. The first-order chi connectivity index (χ1) is 28.0. The highest BCUT2D eigenvalue weighted by atomic mass is 15.3. The minimum atomic E-state index is 0.310. The molecule has 6 N–H and O–H groups in total. The topological polar surface area (TPSA) is 197 Å². The fraction of sp³-hybridized carbons (Fsp3) is 0.136. The van der Waals surface area contributed by atoms with Crippen LogP contribution in [0.25, 0.3) is 0 Å². The number of benzene rings is 5. The van der Waals surface area contributed by atoms with Gasteiger partial charge in [0.05, 0.1) is 23.3 Å². The third-order valence-electron chi connectivity index (χ3n) is 9.04. The van der Waals surface area contributed by atoms with Gasteiger partial charge in [0.15, 0.2) is 0 Å². The molecule has 7 aromatic rings. The normalized spacial score (nSPS) is 10.6. The van der Waals surface area contributed by atoms with Gasteiger partial charge in [0, 0.05) is 34.1 Å². The first-order valence-corrected chi connectivity index (χ1v) is 18.4. The van der Waals surface area contributed by atoms with E-state index in [0.717, 1.165) is 56.4 Å². The maximum atomic E-state index is 9.24. The van der Waals surface area contributed by atoms with Gasteiger partial charge in [0.1, 0.15) is 0 Å². The van der Waals surface area contributed by atoms with E-state index < -0.39 is 0 Å². The van der Waals surface area contributed by atoms with Gasteiger partial charge in [-0.25, -0.2) is 0 Å². The Hall–Kier alpha value is -8.10. The van der Waals surface area contributed by atoms with Gasteiger partial charge in [-0.15, -0.1) is 0 Å². The van der Waals surface area contributed by atoms with Crippen molar-refractivity contribution in [3.05, 3.63) is 142 Å². The van der Waals surface area contributed by atoms with Crippen LogP contribution in [-0.4, -0.2) is 29.9 Å². The molecule has 0 unspecified atom stereocenters. The van der Waals surface area contributed by atoms with Crippen LogP contribution in [0.15, 0.2) is 97.1 Å². The molecule has 14 heteroatoms. The van der Waals surface area contributed by atoms with Crippen molar-refractivity contribution < 1.29 is 0 Å². The molecule has 0 spiro atoms. The first-order valence-electron chi connectivity index (χ1n) is 18.4. The monoisotopic (exact) mass is 764 g/mol. The number of anilines is 12. The third kappa shape index (κ3) is 9.39. The van der Waals surface area contributed by atoms with Crippen molar-refractivity contribution in [2.75, 3.05) is 31.9 Å². The quantitative estimate of drug-likeness (QED) is 0.0687. The van der Waals surface area contributed by atoms with E-state index in [-0.39, 0.29) is 0 Å². The number of hydrogen-bond acceptors (Lipinski definition) is 14. The number of nitrogens with one attached hydrogen (secondary N) is 6. The van der Waals surface area contributed by atoms with Crippen LogP contribution < -0.4 is 31.9 Å². The van der Waals surface area contributed by atoms with Crippen LogP contribution >= 0.6 is 0 Å². The second kappa shape index (κ2) is 16.7. The second-order valence-electron chi connectivity index (χ2n) is 13.9. The molecule has 0 fully saturated rings. The molecule has 14 nitrogen and oxygen atoms in total. The average molecular weight is 765 g/mol. The van der Waals surface area contributed by atoms with Gasteiger partial charge < -0.3 is 31.9 Å². The van der Waals surface area contributed by atoms with Crippen LogP contribution in [0.4, 0.5) is 69.8 Å².